The number of hydrogen-bond acceptors (Lipinski definition) is 5. The number of carbonyl (C=O) groups is 1. The molecule has 0 spiro atoms. The fourth-order valence-electron chi connectivity index (χ4n) is 1.93. The van der Waals surface area contributed by atoms with Crippen LogP contribution in [0.1, 0.15) is 45.0 Å². The van der Waals surface area contributed by atoms with Gasteiger partial charge in [-0.15, -0.1) is 0 Å². The molecule has 6 nitrogen and oxygen atoms in total. The van der Waals surface area contributed by atoms with Gasteiger partial charge in [0.25, 0.3) is 0 Å². The SMILES string of the molecule is CCN(C)C(=O)C(C)Nc1nc(C(C)C)nc(NC)c1C. The fraction of sp³-hybridized carbons (Fsp3) is 0.667. The maximum atomic E-state index is 12.2. The lowest BCUT2D eigenvalue weighted by Crippen LogP contribution is -2.39. The number of anilines is 2. The molecule has 118 valence electrons. The fourth-order valence-corrected chi connectivity index (χ4v) is 1.93. The number of nitrogens with one attached hydrogen (secondary N) is 2. The average Bonchev–Trinajstić information content (AvgIpc) is 2.47. The summed E-state index contributed by atoms with van der Waals surface area (Å²) in [6, 6.07) is -0.326. The molecule has 1 atom stereocenters. The minimum atomic E-state index is -0.326. The molecule has 2 N–H and O–H groups in total. The van der Waals surface area contributed by atoms with E-state index < -0.39 is 0 Å². The van der Waals surface area contributed by atoms with Crippen LogP contribution in [0.3, 0.4) is 0 Å². The first-order chi connectivity index (χ1) is 9.81. The summed E-state index contributed by atoms with van der Waals surface area (Å²) in [5.41, 5.74) is 0.917. The summed E-state index contributed by atoms with van der Waals surface area (Å²) in [5.74, 6) is 2.54. The highest BCUT2D eigenvalue weighted by Gasteiger charge is 2.19. The topological polar surface area (TPSA) is 70.2 Å². The molecule has 0 aliphatic carbocycles. The Labute approximate surface area is 127 Å². The first-order valence-electron chi connectivity index (χ1n) is 7.39. The van der Waals surface area contributed by atoms with Gasteiger partial charge >= 0.3 is 0 Å². The molecule has 6 heteroatoms. The molecule has 0 saturated carbocycles. The number of carbonyl (C=O) groups excluding carboxylic acids is 1. The lowest BCUT2D eigenvalue weighted by atomic mass is 10.2. The van der Waals surface area contributed by atoms with Gasteiger partial charge in [0.05, 0.1) is 0 Å². The van der Waals surface area contributed by atoms with E-state index in [0.717, 1.165) is 17.2 Å². The Morgan fingerprint density at radius 3 is 2.29 bits per heavy atom. The summed E-state index contributed by atoms with van der Waals surface area (Å²) in [6.07, 6.45) is 0. The van der Waals surface area contributed by atoms with Crippen LogP contribution in [0.5, 0.6) is 0 Å². The Hall–Kier alpha value is -1.85. The van der Waals surface area contributed by atoms with Gasteiger partial charge in [0.15, 0.2) is 0 Å². The molecular weight excluding hydrogens is 266 g/mol. The van der Waals surface area contributed by atoms with Gasteiger partial charge in [0.1, 0.15) is 23.5 Å². The van der Waals surface area contributed by atoms with Crippen molar-refractivity contribution in [1.29, 1.82) is 0 Å². The van der Waals surface area contributed by atoms with Gasteiger partial charge in [-0.3, -0.25) is 4.79 Å². The van der Waals surface area contributed by atoms with E-state index >= 15 is 0 Å². The number of rotatable bonds is 6. The maximum Gasteiger partial charge on any atom is 0.244 e. The van der Waals surface area contributed by atoms with Gasteiger partial charge < -0.3 is 15.5 Å². The van der Waals surface area contributed by atoms with Crippen molar-refractivity contribution < 1.29 is 4.79 Å². The average molecular weight is 293 g/mol. The van der Waals surface area contributed by atoms with Gasteiger partial charge in [-0.2, -0.15) is 0 Å². The zero-order chi connectivity index (χ0) is 16.2. The zero-order valence-corrected chi connectivity index (χ0v) is 14.1. The molecule has 0 aliphatic rings. The smallest absolute Gasteiger partial charge is 0.244 e. The third kappa shape index (κ3) is 4.06. The van der Waals surface area contributed by atoms with E-state index in [2.05, 4.69) is 20.6 Å². The highest BCUT2D eigenvalue weighted by Crippen LogP contribution is 2.23. The van der Waals surface area contributed by atoms with Gasteiger partial charge in [-0.25, -0.2) is 9.97 Å². The first kappa shape index (κ1) is 17.2. The van der Waals surface area contributed by atoms with Crippen LogP contribution in [0.2, 0.25) is 0 Å². The van der Waals surface area contributed by atoms with E-state index in [0.29, 0.717) is 12.4 Å². The van der Waals surface area contributed by atoms with Crippen molar-refractivity contribution in [3.63, 3.8) is 0 Å². The van der Waals surface area contributed by atoms with Crippen LogP contribution in [0.25, 0.3) is 0 Å². The largest absolute Gasteiger partial charge is 0.373 e. The normalized spacial score (nSPS) is 12.2. The summed E-state index contributed by atoms with van der Waals surface area (Å²) < 4.78 is 0. The minimum absolute atomic E-state index is 0.0487. The first-order valence-corrected chi connectivity index (χ1v) is 7.39. The predicted molar refractivity (Wildman–Crippen MR) is 86.8 cm³/mol. The molecule has 0 aromatic carbocycles. The minimum Gasteiger partial charge on any atom is -0.373 e. The quantitative estimate of drug-likeness (QED) is 0.841. The molecule has 0 fully saturated rings. The van der Waals surface area contributed by atoms with E-state index in [1.165, 1.54) is 0 Å². The Morgan fingerprint density at radius 1 is 1.24 bits per heavy atom. The van der Waals surface area contributed by atoms with Crippen molar-refractivity contribution in [1.82, 2.24) is 14.9 Å². The Morgan fingerprint density at radius 2 is 1.81 bits per heavy atom. The molecule has 0 saturated heterocycles. The third-order valence-corrected chi connectivity index (χ3v) is 3.49. The molecule has 1 aromatic rings. The van der Waals surface area contributed by atoms with Crippen molar-refractivity contribution in [3.05, 3.63) is 11.4 Å². The molecule has 1 unspecified atom stereocenters. The maximum absolute atomic E-state index is 12.2. The van der Waals surface area contributed by atoms with E-state index in [1.54, 1.807) is 11.9 Å². The predicted octanol–water partition coefficient (Wildman–Crippen LogP) is 2.23. The second-order valence-electron chi connectivity index (χ2n) is 5.53. The van der Waals surface area contributed by atoms with Crippen LogP contribution in [-0.4, -0.2) is 47.5 Å². The Balaban J connectivity index is 3.07. The van der Waals surface area contributed by atoms with Gasteiger partial charge in [-0.05, 0) is 20.8 Å². The molecule has 21 heavy (non-hydrogen) atoms. The Bertz CT molecular complexity index is 501. The summed E-state index contributed by atoms with van der Waals surface area (Å²) in [7, 11) is 3.63. The molecule has 1 amide bonds. The monoisotopic (exact) mass is 293 g/mol. The summed E-state index contributed by atoms with van der Waals surface area (Å²) in [4.78, 5) is 22.9. The summed E-state index contributed by atoms with van der Waals surface area (Å²) in [5, 5.41) is 6.29. The molecule has 1 aromatic heterocycles. The van der Waals surface area contributed by atoms with Crippen LogP contribution >= 0.6 is 0 Å². The highest BCUT2D eigenvalue weighted by molar-refractivity contribution is 5.84. The summed E-state index contributed by atoms with van der Waals surface area (Å²) >= 11 is 0. The van der Waals surface area contributed by atoms with E-state index in [4.69, 9.17) is 0 Å². The van der Waals surface area contributed by atoms with Gasteiger partial charge in [0, 0.05) is 32.1 Å². The Kier molecular flexibility index (Phi) is 5.93. The highest BCUT2D eigenvalue weighted by atomic mass is 16.2. The van der Waals surface area contributed by atoms with Crippen molar-refractivity contribution in [2.75, 3.05) is 31.3 Å². The van der Waals surface area contributed by atoms with Crippen LogP contribution < -0.4 is 10.6 Å². The number of aromatic nitrogens is 2. The van der Waals surface area contributed by atoms with Crippen LogP contribution in [0, 0.1) is 6.92 Å². The van der Waals surface area contributed by atoms with Crippen molar-refractivity contribution >= 4 is 17.5 Å². The van der Waals surface area contributed by atoms with Gasteiger partial charge in [0.2, 0.25) is 5.91 Å². The molecule has 1 rings (SSSR count). The molecule has 0 aliphatic heterocycles. The van der Waals surface area contributed by atoms with Crippen molar-refractivity contribution in [2.45, 2.75) is 46.6 Å². The van der Waals surface area contributed by atoms with Crippen LogP contribution in [0.4, 0.5) is 11.6 Å². The second kappa shape index (κ2) is 7.24. The zero-order valence-electron chi connectivity index (χ0n) is 14.1. The molecular formula is C15H27N5O. The standard InChI is InChI=1S/C15H27N5O/c1-8-20(7)15(21)11(5)17-14-10(4)13(16-6)18-12(19-14)9(2)3/h9,11H,8H2,1-7H3,(H2,16,17,18,19). The lowest BCUT2D eigenvalue weighted by Gasteiger charge is -2.22. The van der Waals surface area contributed by atoms with Crippen molar-refractivity contribution in [2.24, 2.45) is 0 Å². The number of amides is 1. The van der Waals surface area contributed by atoms with Crippen molar-refractivity contribution in [3.8, 4) is 0 Å². The lowest BCUT2D eigenvalue weighted by molar-refractivity contribution is -0.130. The number of likely N-dealkylation sites (N-methyl/N-ethyl adjacent to an activating group) is 1. The van der Waals surface area contributed by atoms with Crippen LogP contribution in [0.15, 0.2) is 0 Å². The third-order valence-electron chi connectivity index (χ3n) is 3.49. The van der Waals surface area contributed by atoms with E-state index in [9.17, 15) is 4.79 Å². The van der Waals surface area contributed by atoms with Crippen LogP contribution in [-0.2, 0) is 4.79 Å². The molecule has 1 heterocycles. The van der Waals surface area contributed by atoms with E-state index in [1.807, 2.05) is 41.7 Å². The second-order valence-corrected chi connectivity index (χ2v) is 5.53. The summed E-state index contributed by atoms with van der Waals surface area (Å²) in [6.45, 7) is 10.5. The van der Waals surface area contributed by atoms with Gasteiger partial charge in [-0.1, -0.05) is 13.8 Å². The van der Waals surface area contributed by atoms with E-state index in [-0.39, 0.29) is 17.9 Å². The number of hydrogen-bond donors (Lipinski definition) is 2. The number of nitrogens with zero attached hydrogens (tertiary/aromatic N) is 3. The molecule has 0 radical (unpaired) electrons. The molecule has 0 bridgehead atoms.